The molecule has 0 fully saturated rings. The van der Waals surface area contributed by atoms with E-state index in [4.69, 9.17) is 0 Å². The van der Waals surface area contributed by atoms with E-state index in [0.717, 1.165) is 0 Å². The van der Waals surface area contributed by atoms with Gasteiger partial charge in [-0.2, -0.15) is 0 Å². The van der Waals surface area contributed by atoms with Crippen LogP contribution in [0.2, 0.25) is 11.6 Å². The van der Waals surface area contributed by atoms with Crippen LogP contribution in [0.1, 0.15) is 5.56 Å². The average molecular weight is 224 g/mol. The summed E-state index contributed by atoms with van der Waals surface area (Å²) in [5.41, 5.74) is 4.43. The van der Waals surface area contributed by atoms with Crippen molar-refractivity contribution < 1.29 is 0 Å². The Balaban J connectivity index is 2.70. The molecule has 0 unspecified atom stereocenters. The van der Waals surface area contributed by atoms with Crippen LogP contribution in [0.5, 0.6) is 0 Å². The second-order valence-electron chi connectivity index (χ2n) is 2.72. The predicted octanol–water partition coefficient (Wildman–Crippen LogP) is 3.15. The van der Waals surface area contributed by atoms with E-state index in [2.05, 4.69) is 34.5 Å². The van der Waals surface area contributed by atoms with E-state index in [1.54, 1.807) is 0 Å². The Morgan fingerprint density at radius 1 is 1.17 bits per heavy atom. The van der Waals surface area contributed by atoms with Crippen LogP contribution in [0.15, 0.2) is 41.0 Å². The first-order chi connectivity index (χ1) is 5.79. The van der Waals surface area contributed by atoms with Gasteiger partial charge in [-0.1, -0.05) is 0 Å². The molecule has 1 rings (SSSR count). The van der Waals surface area contributed by atoms with Gasteiger partial charge in [0.2, 0.25) is 0 Å². The summed E-state index contributed by atoms with van der Waals surface area (Å²) >= 11 is -0.464. The molecular formula is C11H13Se+. The van der Waals surface area contributed by atoms with Gasteiger partial charge in [0.25, 0.3) is 0 Å². The summed E-state index contributed by atoms with van der Waals surface area (Å²) in [5, 5.41) is 0. The molecule has 1 aromatic rings. The molecular weight excluding hydrogens is 211 g/mol. The molecule has 62 valence electrons. The zero-order valence-electron chi connectivity index (χ0n) is 7.45. The summed E-state index contributed by atoms with van der Waals surface area (Å²) in [7, 11) is 0. The number of hydrogen-bond donors (Lipinski definition) is 0. The second kappa shape index (κ2) is 5.00. The van der Waals surface area contributed by atoms with Crippen LogP contribution in [0.3, 0.4) is 0 Å². The zero-order chi connectivity index (χ0) is 8.81. The fourth-order valence-electron chi connectivity index (χ4n) is 0.816. The van der Waals surface area contributed by atoms with Gasteiger partial charge >= 0.3 is 78.2 Å². The third kappa shape index (κ3) is 3.59. The van der Waals surface area contributed by atoms with Gasteiger partial charge < -0.3 is 0 Å². The molecule has 12 heavy (non-hydrogen) atoms. The molecule has 0 aromatic heterocycles. The van der Waals surface area contributed by atoms with Gasteiger partial charge in [-0.3, -0.25) is 0 Å². The minimum absolute atomic E-state index is 0.464. The van der Waals surface area contributed by atoms with E-state index in [0.29, 0.717) is 0 Å². The molecule has 0 spiro atoms. The van der Waals surface area contributed by atoms with Crippen molar-refractivity contribution in [3.8, 4) is 0 Å². The SMILES string of the molecule is C[Se+](C)C=C=Cc1ccccc1. The van der Waals surface area contributed by atoms with E-state index in [9.17, 15) is 0 Å². The molecule has 0 saturated carbocycles. The molecule has 1 aromatic carbocycles. The molecule has 0 aliphatic rings. The normalized spacial score (nSPS) is 9.25. The van der Waals surface area contributed by atoms with Gasteiger partial charge in [0.05, 0.1) is 0 Å². The Kier molecular flexibility index (Phi) is 3.90. The maximum absolute atomic E-state index is 3.21. The van der Waals surface area contributed by atoms with Gasteiger partial charge in [0.15, 0.2) is 0 Å². The quantitative estimate of drug-likeness (QED) is 0.534. The minimum atomic E-state index is -0.464. The topological polar surface area (TPSA) is 0 Å². The molecule has 0 nitrogen and oxygen atoms in total. The van der Waals surface area contributed by atoms with Crippen molar-refractivity contribution in [2.24, 2.45) is 0 Å². The predicted molar refractivity (Wildman–Crippen MR) is 56.5 cm³/mol. The van der Waals surface area contributed by atoms with Gasteiger partial charge in [-0.05, 0) is 0 Å². The third-order valence-electron chi connectivity index (χ3n) is 1.35. The summed E-state index contributed by atoms with van der Waals surface area (Å²) in [5.74, 6) is 4.54. The first-order valence-corrected chi connectivity index (χ1v) is 8.24. The van der Waals surface area contributed by atoms with Gasteiger partial charge in [-0.15, -0.1) is 0 Å². The molecule has 0 saturated heterocycles. The first-order valence-electron chi connectivity index (χ1n) is 3.83. The van der Waals surface area contributed by atoms with E-state index < -0.39 is 13.9 Å². The van der Waals surface area contributed by atoms with Gasteiger partial charge in [0, 0.05) is 0 Å². The second-order valence-corrected chi connectivity index (χ2v) is 6.90. The maximum atomic E-state index is 3.21. The number of rotatable bonds is 2. The first kappa shape index (κ1) is 9.35. The van der Waals surface area contributed by atoms with Crippen LogP contribution in [-0.2, 0) is 0 Å². The molecule has 0 aliphatic carbocycles. The third-order valence-corrected chi connectivity index (χ3v) is 2.63. The van der Waals surface area contributed by atoms with E-state index in [1.807, 2.05) is 24.3 Å². The molecule has 0 aliphatic heterocycles. The van der Waals surface area contributed by atoms with E-state index in [1.165, 1.54) is 5.56 Å². The van der Waals surface area contributed by atoms with Gasteiger partial charge in [0.1, 0.15) is 0 Å². The Labute approximate surface area is 78.5 Å². The number of hydrogen-bond acceptors (Lipinski definition) is 0. The van der Waals surface area contributed by atoms with Crippen LogP contribution in [0, 0.1) is 0 Å². The van der Waals surface area contributed by atoms with Crippen LogP contribution in [0.4, 0.5) is 0 Å². The zero-order valence-corrected chi connectivity index (χ0v) is 9.16. The molecule has 0 bridgehead atoms. The Morgan fingerprint density at radius 3 is 2.42 bits per heavy atom. The molecule has 0 atom stereocenters. The van der Waals surface area contributed by atoms with Crippen molar-refractivity contribution in [1.29, 1.82) is 0 Å². The summed E-state index contributed by atoms with van der Waals surface area (Å²) in [6, 6.07) is 10.3. The van der Waals surface area contributed by atoms with Crippen molar-refractivity contribution >= 4 is 20.0 Å². The van der Waals surface area contributed by atoms with Crippen LogP contribution < -0.4 is 0 Å². The van der Waals surface area contributed by atoms with E-state index >= 15 is 0 Å². The molecule has 0 heterocycles. The van der Waals surface area contributed by atoms with Gasteiger partial charge in [-0.25, -0.2) is 0 Å². The Bertz CT molecular complexity index is 279. The summed E-state index contributed by atoms with van der Waals surface area (Å²) in [6.07, 6.45) is 2.03. The average Bonchev–Trinajstić information content (AvgIpc) is 2.05. The van der Waals surface area contributed by atoms with Crippen molar-refractivity contribution in [3.05, 3.63) is 46.6 Å². The monoisotopic (exact) mass is 225 g/mol. The Hall–Kier alpha value is -0.741. The van der Waals surface area contributed by atoms with Crippen molar-refractivity contribution in [2.45, 2.75) is 11.6 Å². The van der Waals surface area contributed by atoms with Crippen molar-refractivity contribution in [2.75, 3.05) is 0 Å². The van der Waals surface area contributed by atoms with Crippen LogP contribution in [-0.4, -0.2) is 13.9 Å². The van der Waals surface area contributed by atoms with Crippen molar-refractivity contribution in [3.63, 3.8) is 0 Å². The fourth-order valence-corrected chi connectivity index (χ4v) is 1.53. The standard InChI is InChI=1S/C11H13Se/c1-12(2)10-6-9-11-7-4-3-5-8-11/h3-5,7-10H,1-2H3/q+1. The molecule has 0 radical (unpaired) electrons. The van der Waals surface area contributed by atoms with E-state index in [-0.39, 0.29) is 0 Å². The number of benzene rings is 1. The summed E-state index contributed by atoms with van der Waals surface area (Å²) in [6.45, 7) is 0. The molecule has 1 heteroatoms. The Morgan fingerprint density at radius 2 is 1.83 bits per heavy atom. The summed E-state index contributed by atoms with van der Waals surface area (Å²) in [4.78, 5) is 2.19. The molecule has 0 amide bonds. The fraction of sp³-hybridized carbons (Fsp3) is 0.182. The van der Waals surface area contributed by atoms with Crippen molar-refractivity contribution in [1.82, 2.24) is 0 Å². The summed E-state index contributed by atoms with van der Waals surface area (Å²) < 4.78 is 0. The molecule has 0 N–H and O–H groups in total. The van der Waals surface area contributed by atoms with Crippen LogP contribution in [0.25, 0.3) is 6.08 Å². The van der Waals surface area contributed by atoms with Crippen LogP contribution >= 0.6 is 0 Å².